The number of aromatic nitrogens is 2. The molecule has 1 aromatic carbocycles. The van der Waals surface area contributed by atoms with Gasteiger partial charge in [0.2, 0.25) is 0 Å². The normalized spacial score (nSPS) is 23.1. The van der Waals surface area contributed by atoms with Crippen LogP contribution in [0.15, 0.2) is 24.5 Å². The minimum atomic E-state index is -0.898. The van der Waals surface area contributed by atoms with Crippen LogP contribution in [0.4, 0.5) is 0 Å². The number of carboxylic acids is 1. The Hall–Kier alpha value is -1.84. The summed E-state index contributed by atoms with van der Waals surface area (Å²) in [6.45, 7) is 2.25. The van der Waals surface area contributed by atoms with Crippen molar-refractivity contribution in [2.24, 2.45) is 5.92 Å². The van der Waals surface area contributed by atoms with E-state index in [9.17, 15) is 4.79 Å². The Balaban J connectivity index is 2.01. The number of aromatic carboxylic acids is 1. The number of fused-ring (bicyclic) bond motifs is 1. The summed E-state index contributed by atoms with van der Waals surface area (Å²) in [4.78, 5) is 15.4. The fourth-order valence-corrected chi connectivity index (χ4v) is 3.46. The van der Waals surface area contributed by atoms with Crippen molar-refractivity contribution in [2.45, 2.75) is 45.1 Å². The number of benzene rings is 1. The molecule has 106 valence electrons. The lowest BCUT2D eigenvalue weighted by atomic mass is 9.82. The summed E-state index contributed by atoms with van der Waals surface area (Å²) in [7, 11) is 0. The van der Waals surface area contributed by atoms with Crippen LogP contribution in [0.1, 0.15) is 55.4 Å². The van der Waals surface area contributed by atoms with Crippen LogP contribution >= 0.6 is 0 Å². The molecule has 1 saturated carbocycles. The van der Waals surface area contributed by atoms with Crippen molar-refractivity contribution in [3.63, 3.8) is 0 Å². The molecule has 1 aliphatic carbocycles. The highest BCUT2D eigenvalue weighted by atomic mass is 16.4. The van der Waals surface area contributed by atoms with Crippen LogP contribution in [0.5, 0.6) is 0 Å². The molecule has 0 aliphatic heterocycles. The monoisotopic (exact) mass is 272 g/mol. The largest absolute Gasteiger partial charge is 0.478 e. The van der Waals surface area contributed by atoms with E-state index in [0.717, 1.165) is 11.0 Å². The highest BCUT2D eigenvalue weighted by Crippen LogP contribution is 2.37. The Labute approximate surface area is 118 Å². The summed E-state index contributed by atoms with van der Waals surface area (Å²) in [6, 6.07) is 5.74. The van der Waals surface area contributed by atoms with Gasteiger partial charge >= 0.3 is 5.97 Å². The second-order valence-electron chi connectivity index (χ2n) is 5.68. The molecule has 4 heteroatoms. The molecule has 1 aromatic heterocycles. The summed E-state index contributed by atoms with van der Waals surface area (Å²) in [5, 5.41) is 9.05. The number of hydrogen-bond donors (Lipinski definition) is 1. The van der Waals surface area contributed by atoms with Gasteiger partial charge < -0.3 is 9.67 Å². The van der Waals surface area contributed by atoms with Crippen LogP contribution in [-0.4, -0.2) is 20.6 Å². The first-order valence-electron chi connectivity index (χ1n) is 7.40. The average Bonchev–Trinajstić information content (AvgIpc) is 2.89. The van der Waals surface area contributed by atoms with E-state index < -0.39 is 5.97 Å². The third-order valence-electron chi connectivity index (χ3n) is 4.57. The van der Waals surface area contributed by atoms with E-state index in [-0.39, 0.29) is 0 Å². The molecule has 0 spiro atoms. The van der Waals surface area contributed by atoms with E-state index in [4.69, 9.17) is 5.11 Å². The third kappa shape index (κ3) is 2.19. The molecular weight excluding hydrogens is 252 g/mol. The quantitative estimate of drug-likeness (QED) is 0.922. The lowest BCUT2D eigenvalue weighted by Crippen LogP contribution is -2.22. The molecule has 20 heavy (non-hydrogen) atoms. The summed E-state index contributed by atoms with van der Waals surface area (Å²) < 4.78 is 2.26. The van der Waals surface area contributed by atoms with Crippen molar-refractivity contribution in [2.75, 3.05) is 0 Å². The van der Waals surface area contributed by atoms with E-state index in [0.29, 0.717) is 17.5 Å². The molecule has 1 N–H and O–H groups in total. The van der Waals surface area contributed by atoms with E-state index in [1.54, 1.807) is 12.1 Å². The zero-order chi connectivity index (χ0) is 14.1. The number of carbonyl (C=O) groups is 1. The van der Waals surface area contributed by atoms with Crippen LogP contribution in [0.2, 0.25) is 0 Å². The Bertz CT molecular complexity index is 632. The molecule has 0 radical (unpaired) electrons. The predicted octanol–water partition coefficient (Wildman–Crippen LogP) is 3.88. The SMILES string of the molecule is CCC1CCCCC1n1cnc2cc(C(=O)O)ccc21. The van der Waals surface area contributed by atoms with Gasteiger partial charge in [-0.15, -0.1) is 0 Å². The molecule has 0 bridgehead atoms. The minimum absolute atomic E-state index is 0.304. The Morgan fingerprint density at radius 3 is 2.95 bits per heavy atom. The fourth-order valence-electron chi connectivity index (χ4n) is 3.46. The number of carboxylic acid groups (broad SMARTS) is 1. The third-order valence-corrected chi connectivity index (χ3v) is 4.57. The number of imidazole rings is 1. The van der Waals surface area contributed by atoms with Crippen LogP contribution in [-0.2, 0) is 0 Å². The molecule has 2 atom stereocenters. The lowest BCUT2D eigenvalue weighted by Gasteiger charge is -2.32. The van der Waals surface area contributed by atoms with Crippen molar-refractivity contribution in [1.82, 2.24) is 9.55 Å². The van der Waals surface area contributed by atoms with E-state index >= 15 is 0 Å². The van der Waals surface area contributed by atoms with E-state index in [2.05, 4.69) is 16.5 Å². The zero-order valence-electron chi connectivity index (χ0n) is 11.7. The van der Waals surface area contributed by atoms with Gasteiger partial charge in [-0.3, -0.25) is 0 Å². The van der Waals surface area contributed by atoms with Crippen LogP contribution in [0.25, 0.3) is 11.0 Å². The van der Waals surface area contributed by atoms with Crippen LogP contribution < -0.4 is 0 Å². The van der Waals surface area contributed by atoms with Crippen LogP contribution in [0.3, 0.4) is 0 Å². The minimum Gasteiger partial charge on any atom is -0.478 e. The zero-order valence-corrected chi connectivity index (χ0v) is 11.7. The number of nitrogens with zero attached hydrogens (tertiary/aromatic N) is 2. The van der Waals surface area contributed by atoms with E-state index in [1.165, 1.54) is 32.1 Å². The Morgan fingerprint density at radius 1 is 1.40 bits per heavy atom. The molecule has 0 saturated heterocycles. The standard InChI is InChI=1S/C16H20N2O2/c1-2-11-5-3-4-6-14(11)18-10-17-13-9-12(16(19)20)7-8-15(13)18/h7-11,14H,2-6H2,1H3,(H,19,20). The molecule has 1 heterocycles. The van der Waals surface area contributed by atoms with Gasteiger partial charge in [-0.05, 0) is 37.0 Å². The fraction of sp³-hybridized carbons (Fsp3) is 0.500. The van der Waals surface area contributed by atoms with E-state index in [1.807, 2.05) is 12.4 Å². The molecule has 4 nitrogen and oxygen atoms in total. The number of rotatable bonds is 3. The van der Waals surface area contributed by atoms with Gasteiger partial charge in [0, 0.05) is 6.04 Å². The number of hydrogen-bond acceptors (Lipinski definition) is 2. The highest BCUT2D eigenvalue weighted by Gasteiger charge is 2.26. The highest BCUT2D eigenvalue weighted by molar-refractivity contribution is 5.92. The second kappa shape index (κ2) is 5.27. The summed E-state index contributed by atoms with van der Waals surface area (Å²) >= 11 is 0. The van der Waals surface area contributed by atoms with Crippen molar-refractivity contribution in [1.29, 1.82) is 0 Å². The first-order valence-corrected chi connectivity index (χ1v) is 7.40. The van der Waals surface area contributed by atoms with Crippen molar-refractivity contribution >= 4 is 17.0 Å². The summed E-state index contributed by atoms with van der Waals surface area (Å²) in [6.07, 6.45) is 8.16. The molecule has 2 aromatic rings. The molecule has 0 amide bonds. The van der Waals surface area contributed by atoms with Gasteiger partial charge in [0.25, 0.3) is 0 Å². The first kappa shape index (κ1) is 13.2. The molecular formula is C16H20N2O2. The first-order chi connectivity index (χ1) is 9.70. The van der Waals surface area contributed by atoms with Gasteiger partial charge in [0.15, 0.2) is 0 Å². The van der Waals surface area contributed by atoms with Gasteiger partial charge in [-0.2, -0.15) is 0 Å². The second-order valence-corrected chi connectivity index (χ2v) is 5.68. The van der Waals surface area contributed by atoms with Gasteiger partial charge in [0.05, 0.1) is 22.9 Å². The van der Waals surface area contributed by atoms with Crippen LogP contribution in [0, 0.1) is 5.92 Å². The summed E-state index contributed by atoms with van der Waals surface area (Å²) in [5.41, 5.74) is 2.14. The Morgan fingerprint density at radius 2 is 2.20 bits per heavy atom. The maximum atomic E-state index is 11.0. The predicted molar refractivity (Wildman–Crippen MR) is 78.0 cm³/mol. The van der Waals surface area contributed by atoms with Crippen molar-refractivity contribution in [3.8, 4) is 0 Å². The average molecular weight is 272 g/mol. The summed E-state index contributed by atoms with van der Waals surface area (Å²) in [5.74, 6) is -0.189. The molecule has 2 unspecified atom stereocenters. The van der Waals surface area contributed by atoms with Gasteiger partial charge in [-0.25, -0.2) is 9.78 Å². The molecule has 1 aliphatic rings. The maximum absolute atomic E-state index is 11.0. The van der Waals surface area contributed by atoms with Gasteiger partial charge in [0.1, 0.15) is 0 Å². The molecule has 3 rings (SSSR count). The smallest absolute Gasteiger partial charge is 0.335 e. The Kier molecular flexibility index (Phi) is 3.47. The topological polar surface area (TPSA) is 55.1 Å². The van der Waals surface area contributed by atoms with Crippen molar-refractivity contribution < 1.29 is 9.90 Å². The molecule has 1 fully saturated rings. The van der Waals surface area contributed by atoms with Gasteiger partial charge in [-0.1, -0.05) is 26.2 Å². The van der Waals surface area contributed by atoms with Crippen molar-refractivity contribution in [3.05, 3.63) is 30.1 Å². The lowest BCUT2D eigenvalue weighted by molar-refractivity contribution is 0.0697. The maximum Gasteiger partial charge on any atom is 0.335 e.